The van der Waals surface area contributed by atoms with E-state index in [2.05, 4.69) is 50.4 Å². The number of fused-ring (bicyclic) bond motifs is 1. The number of nitrogens with zero attached hydrogens (tertiary/aromatic N) is 2. The van der Waals surface area contributed by atoms with Crippen molar-refractivity contribution in [3.8, 4) is 0 Å². The van der Waals surface area contributed by atoms with E-state index in [0.717, 1.165) is 24.8 Å². The average Bonchev–Trinajstić information content (AvgIpc) is 2.79. The largest absolute Gasteiger partial charge is 0.347 e. The highest BCUT2D eigenvalue weighted by atomic mass is 16.2. The van der Waals surface area contributed by atoms with Gasteiger partial charge in [-0.05, 0) is 48.9 Å². The fourth-order valence-electron chi connectivity index (χ4n) is 4.07. The van der Waals surface area contributed by atoms with E-state index in [1.807, 2.05) is 0 Å². The number of para-hydroxylation sites is 1. The Balaban J connectivity index is 1.87. The van der Waals surface area contributed by atoms with E-state index in [1.165, 1.54) is 14.7 Å². The smallest absolute Gasteiger partial charge is 0.331 e. The average molecular weight is 436 g/mol. The Morgan fingerprint density at radius 3 is 2.28 bits per heavy atom. The van der Waals surface area contributed by atoms with Crippen molar-refractivity contribution in [1.82, 2.24) is 14.5 Å². The number of aromatic nitrogens is 2. The number of hydrogen-bond acceptors (Lipinski definition) is 3. The monoisotopic (exact) mass is 435 g/mol. The van der Waals surface area contributed by atoms with Gasteiger partial charge in [-0.15, -0.1) is 0 Å². The lowest BCUT2D eigenvalue weighted by Crippen LogP contribution is -2.43. The Kier molecular flexibility index (Phi) is 7.67. The topological polar surface area (TPSA) is 73.1 Å². The fourth-order valence-corrected chi connectivity index (χ4v) is 4.07. The van der Waals surface area contributed by atoms with E-state index in [4.69, 9.17) is 0 Å². The molecule has 3 aromatic rings. The van der Waals surface area contributed by atoms with Crippen LogP contribution in [0.1, 0.15) is 57.7 Å². The molecule has 1 heterocycles. The maximum absolute atomic E-state index is 13.0. The SMILES string of the molecule is CCCCc1ccc(C(NC(=O)Cn2c(=O)n(CC)c(=O)c3ccccc32)C(C)C)cc1. The van der Waals surface area contributed by atoms with Crippen LogP contribution in [0.15, 0.2) is 58.1 Å². The number of unbranched alkanes of at least 4 members (excludes halogenated alkanes) is 1. The highest BCUT2D eigenvalue weighted by molar-refractivity contribution is 5.81. The first-order valence-corrected chi connectivity index (χ1v) is 11.5. The summed E-state index contributed by atoms with van der Waals surface area (Å²) in [7, 11) is 0. The van der Waals surface area contributed by atoms with E-state index in [9.17, 15) is 14.4 Å². The second-order valence-electron chi connectivity index (χ2n) is 8.57. The molecular weight excluding hydrogens is 402 g/mol. The van der Waals surface area contributed by atoms with Gasteiger partial charge in [-0.2, -0.15) is 0 Å². The van der Waals surface area contributed by atoms with Crippen LogP contribution in [0.25, 0.3) is 10.9 Å². The summed E-state index contributed by atoms with van der Waals surface area (Å²) in [6.07, 6.45) is 3.37. The number of carbonyl (C=O) groups excluding carboxylic acids is 1. The van der Waals surface area contributed by atoms with Gasteiger partial charge in [0, 0.05) is 6.54 Å². The predicted octanol–water partition coefficient (Wildman–Crippen LogP) is 4.04. The molecule has 170 valence electrons. The van der Waals surface area contributed by atoms with Gasteiger partial charge in [0.2, 0.25) is 5.91 Å². The molecule has 0 bridgehead atoms. The lowest BCUT2D eigenvalue weighted by atomic mass is 9.94. The number of amides is 1. The molecule has 6 nitrogen and oxygen atoms in total. The Hall–Kier alpha value is -3.15. The number of nitrogens with one attached hydrogen (secondary N) is 1. The van der Waals surface area contributed by atoms with E-state index in [0.29, 0.717) is 10.9 Å². The summed E-state index contributed by atoms with van der Waals surface area (Å²) in [5, 5.41) is 3.54. The maximum Gasteiger partial charge on any atom is 0.331 e. The molecule has 1 aromatic heterocycles. The summed E-state index contributed by atoms with van der Waals surface area (Å²) in [5.41, 5.74) is 2.03. The molecule has 0 saturated carbocycles. The lowest BCUT2D eigenvalue weighted by molar-refractivity contribution is -0.122. The predicted molar refractivity (Wildman–Crippen MR) is 129 cm³/mol. The lowest BCUT2D eigenvalue weighted by Gasteiger charge is -2.24. The highest BCUT2D eigenvalue weighted by Gasteiger charge is 2.20. The zero-order chi connectivity index (χ0) is 23.3. The Morgan fingerprint density at radius 1 is 0.969 bits per heavy atom. The van der Waals surface area contributed by atoms with Crippen molar-refractivity contribution in [2.75, 3.05) is 0 Å². The standard InChI is InChI=1S/C26H33N3O3/c1-5-7-10-19-13-15-20(16-14-19)24(18(3)4)27-23(30)17-29-22-12-9-8-11-21(22)25(31)28(6-2)26(29)32/h8-9,11-16,18,24H,5-7,10,17H2,1-4H3,(H,27,30). The van der Waals surface area contributed by atoms with Gasteiger partial charge >= 0.3 is 5.69 Å². The van der Waals surface area contributed by atoms with Crippen molar-refractivity contribution < 1.29 is 4.79 Å². The molecule has 0 aliphatic carbocycles. The first kappa shape index (κ1) is 23.5. The van der Waals surface area contributed by atoms with Crippen LogP contribution in [0.3, 0.4) is 0 Å². The van der Waals surface area contributed by atoms with Gasteiger partial charge in [-0.25, -0.2) is 4.79 Å². The van der Waals surface area contributed by atoms with Crippen molar-refractivity contribution in [2.24, 2.45) is 5.92 Å². The van der Waals surface area contributed by atoms with E-state index in [1.54, 1.807) is 31.2 Å². The Morgan fingerprint density at radius 2 is 1.66 bits per heavy atom. The van der Waals surface area contributed by atoms with Gasteiger partial charge in [0.05, 0.1) is 16.9 Å². The van der Waals surface area contributed by atoms with Gasteiger partial charge < -0.3 is 5.32 Å². The molecule has 6 heteroatoms. The Bertz CT molecular complexity index is 1190. The van der Waals surface area contributed by atoms with Crippen LogP contribution in [-0.4, -0.2) is 15.0 Å². The van der Waals surface area contributed by atoms with E-state index >= 15 is 0 Å². The molecule has 0 spiro atoms. The molecule has 1 atom stereocenters. The summed E-state index contributed by atoms with van der Waals surface area (Å²) in [6.45, 7) is 8.17. The summed E-state index contributed by atoms with van der Waals surface area (Å²) in [5.74, 6) is -0.0779. The van der Waals surface area contributed by atoms with Gasteiger partial charge in [0.1, 0.15) is 6.54 Å². The highest BCUT2D eigenvalue weighted by Crippen LogP contribution is 2.22. The molecule has 32 heavy (non-hydrogen) atoms. The second-order valence-corrected chi connectivity index (χ2v) is 8.57. The van der Waals surface area contributed by atoms with Crippen molar-refractivity contribution >= 4 is 16.8 Å². The molecule has 1 amide bonds. The summed E-state index contributed by atoms with van der Waals surface area (Å²) < 4.78 is 2.56. The number of aryl methyl sites for hydroxylation is 1. The van der Waals surface area contributed by atoms with Crippen molar-refractivity contribution in [1.29, 1.82) is 0 Å². The van der Waals surface area contributed by atoms with E-state index < -0.39 is 5.69 Å². The molecule has 0 fully saturated rings. The van der Waals surface area contributed by atoms with Gasteiger partial charge in [-0.3, -0.25) is 18.7 Å². The van der Waals surface area contributed by atoms with Crippen LogP contribution < -0.4 is 16.6 Å². The third-order valence-electron chi connectivity index (χ3n) is 5.89. The molecule has 3 rings (SSSR count). The summed E-state index contributed by atoms with van der Waals surface area (Å²) in [6, 6.07) is 15.2. The number of hydrogen-bond donors (Lipinski definition) is 1. The molecule has 1 N–H and O–H groups in total. The first-order valence-electron chi connectivity index (χ1n) is 11.5. The second kappa shape index (κ2) is 10.4. The number of rotatable bonds is 9. The Labute approximate surface area is 188 Å². The third-order valence-corrected chi connectivity index (χ3v) is 5.89. The van der Waals surface area contributed by atoms with Crippen molar-refractivity contribution in [2.45, 2.75) is 66.1 Å². The van der Waals surface area contributed by atoms with Gasteiger partial charge in [0.15, 0.2) is 0 Å². The quantitative estimate of drug-likeness (QED) is 0.551. The first-order chi connectivity index (χ1) is 15.4. The van der Waals surface area contributed by atoms with Crippen molar-refractivity contribution in [3.63, 3.8) is 0 Å². The summed E-state index contributed by atoms with van der Waals surface area (Å²) >= 11 is 0. The van der Waals surface area contributed by atoms with Crippen LogP contribution in [0.5, 0.6) is 0 Å². The minimum absolute atomic E-state index is 0.141. The zero-order valence-electron chi connectivity index (χ0n) is 19.4. The summed E-state index contributed by atoms with van der Waals surface area (Å²) in [4.78, 5) is 38.6. The number of carbonyl (C=O) groups is 1. The molecule has 0 aliphatic rings. The molecule has 0 aliphatic heterocycles. The molecule has 2 aromatic carbocycles. The van der Waals surface area contributed by atoms with Crippen molar-refractivity contribution in [3.05, 3.63) is 80.5 Å². The van der Waals surface area contributed by atoms with Crippen LogP contribution in [-0.2, 0) is 24.3 Å². The number of benzene rings is 2. The normalized spacial score (nSPS) is 12.3. The zero-order valence-corrected chi connectivity index (χ0v) is 19.4. The molecule has 0 radical (unpaired) electrons. The maximum atomic E-state index is 13.0. The minimum Gasteiger partial charge on any atom is -0.347 e. The van der Waals surface area contributed by atoms with Gasteiger partial charge in [0.25, 0.3) is 5.56 Å². The molecular formula is C26H33N3O3. The third kappa shape index (κ3) is 5.01. The van der Waals surface area contributed by atoms with Crippen LogP contribution in [0, 0.1) is 5.92 Å². The van der Waals surface area contributed by atoms with Crippen LogP contribution >= 0.6 is 0 Å². The molecule has 0 saturated heterocycles. The van der Waals surface area contributed by atoms with E-state index in [-0.39, 0.29) is 36.5 Å². The van der Waals surface area contributed by atoms with Gasteiger partial charge in [-0.1, -0.05) is 63.6 Å². The molecule has 1 unspecified atom stereocenters. The fraction of sp³-hybridized carbons (Fsp3) is 0.423. The minimum atomic E-state index is -0.465. The van der Waals surface area contributed by atoms with Crippen LogP contribution in [0.2, 0.25) is 0 Å². The van der Waals surface area contributed by atoms with Crippen LogP contribution in [0.4, 0.5) is 0 Å².